The minimum Gasteiger partial charge on any atom is -0.476 e. The number of aromatic carboxylic acids is 1. The first kappa shape index (κ1) is 13.9. The predicted molar refractivity (Wildman–Crippen MR) is 68.9 cm³/mol. The minimum atomic E-state index is -1.16. The molecule has 0 saturated heterocycles. The molecule has 0 atom stereocenters. The van der Waals surface area contributed by atoms with Crippen LogP contribution in [-0.2, 0) is 6.54 Å². The maximum Gasteiger partial charge on any atom is 0.358 e. The summed E-state index contributed by atoms with van der Waals surface area (Å²) < 4.78 is 1.37. The van der Waals surface area contributed by atoms with Crippen LogP contribution in [0.1, 0.15) is 21.7 Å². The van der Waals surface area contributed by atoms with E-state index in [4.69, 9.17) is 16.7 Å². The Kier molecular flexibility index (Phi) is 3.66. The van der Waals surface area contributed by atoms with Crippen LogP contribution >= 0.6 is 11.6 Å². The molecule has 0 spiro atoms. The Morgan fingerprint density at radius 2 is 2.25 bits per heavy atom. The second-order valence-electron chi connectivity index (χ2n) is 4.02. The van der Waals surface area contributed by atoms with Gasteiger partial charge in [-0.3, -0.25) is 10.1 Å². The van der Waals surface area contributed by atoms with Gasteiger partial charge in [-0.25, -0.2) is 9.48 Å². The molecular formula is C11H9ClN4O4. The number of nitrogens with zero attached hydrogens (tertiary/aromatic N) is 4. The van der Waals surface area contributed by atoms with Gasteiger partial charge in [0.2, 0.25) is 0 Å². The summed E-state index contributed by atoms with van der Waals surface area (Å²) in [5.74, 6) is -1.16. The third-order valence-corrected chi connectivity index (χ3v) is 3.10. The first-order valence-electron chi connectivity index (χ1n) is 5.46. The molecule has 8 nitrogen and oxygen atoms in total. The van der Waals surface area contributed by atoms with Gasteiger partial charge in [-0.05, 0) is 18.6 Å². The molecule has 0 aliphatic rings. The average molecular weight is 297 g/mol. The molecule has 2 aromatic rings. The highest BCUT2D eigenvalue weighted by atomic mass is 35.5. The van der Waals surface area contributed by atoms with Crippen molar-refractivity contribution in [2.24, 2.45) is 0 Å². The molecule has 0 amide bonds. The maximum absolute atomic E-state index is 10.9. The fourth-order valence-electron chi connectivity index (χ4n) is 1.65. The number of carbonyl (C=O) groups is 1. The molecule has 20 heavy (non-hydrogen) atoms. The van der Waals surface area contributed by atoms with Crippen LogP contribution in [0.15, 0.2) is 18.2 Å². The van der Waals surface area contributed by atoms with E-state index in [0.717, 1.165) is 0 Å². The molecular weight excluding hydrogens is 288 g/mol. The van der Waals surface area contributed by atoms with Crippen molar-refractivity contribution < 1.29 is 14.8 Å². The van der Waals surface area contributed by atoms with Gasteiger partial charge in [0, 0.05) is 12.1 Å². The lowest BCUT2D eigenvalue weighted by Crippen LogP contribution is -2.06. The van der Waals surface area contributed by atoms with E-state index in [2.05, 4.69) is 10.3 Å². The van der Waals surface area contributed by atoms with Crippen molar-refractivity contribution in [2.75, 3.05) is 0 Å². The van der Waals surface area contributed by atoms with Gasteiger partial charge in [-0.2, -0.15) is 0 Å². The Morgan fingerprint density at radius 1 is 1.55 bits per heavy atom. The normalized spacial score (nSPS) is 10.5. The predicted octanol–water partition coefficient (Wildman–Crippen LogP) is 1.89. The number of benzene rings is 1. The van der Waals surface area contributed by atoms with Crippen LogP contribution in [-0.4, -0.2) is 31.0 Å². The van der Waals surface area contributed by atoms with Crippen LogP contribution in [0.4, 0.5) is 5.69 Å². The molecule has 0 radical (unpaired) electrons. The minimum absolute atomic E-state index is 0.111. The lowest BCUT2D eigenvalue weighted by Gasteiger charge is -2.05. The summed E-state index contributed by atoms with van der Waals surface area (Å²) in [5, 5.41) is 27.0. The quantitative estimate of drug-likeness (QED) is 0.681. The number of carboxylic acid groups (broad SMARTS) is 1. The second-order valence-corrected chi connectivity index (χ2v) is 4.43. The first-order valence-corrected chi connectivity index (χ1v) is 5.84. The largest absolute Gasteiger partial charge is 0.476 e. The maximum atomic E-state index is 10.9. The van der Waals surface area contributed by atoms with Crippen LogP contribution in [0, 0.1) is 17.0 Å². The number of hydrogen-bond acceptors (Lipinski definition) is 5. The number of nitro groups is 1. The van der Waals surface area contributed by atoms with E-state index in [-0.39, 0.29) is 22.9 Å². The van der Waals surface area contributed by atoms with Crippen LogP contribution in [0.5, 0.6) is 0 Å². The summed E-state index contributed by atoms with van der Waals surface area (Å²) >= 11 is 5.96. The van der Waals surface area contributed by atoms with Crippen molar-refractivity contribution in [3.8, 4) is 0 Å². The molecule has 1 heterocycles. The molecule has 0 saturated carbocycles. The number of halogens is 1. The number of non-ortho nitro benzene ring substituents is 1. The van der Waals surface area contributed by atoms with E-state index < -0.39 is 10.9 Å². The third-order valence-electron chi connectivity index (χ3n) is 2.75. The fourth-order valence-corrected chi connectivity index (χ4v) is 1.88. The summed E-state index contributed by atoms with van der Waals surface area (Å²) in [6.07, 6.45) is 0. The monoisotopic (exact) mass is 296 g/mol. The zero-order chi connectivity index (χ0) is 14.9. The molecule has 1 N–H and O–H groups in total. The number of hydrogen-bond donors (Lipinski definition) is 1. The van der Waals surface area contributed by atoms with Gasteiger partial charge >= 0.3 is 5.97 Å². The SMILES string of the molecule is Cc1c(C(=O)O)nnn1Cc1ccc([N+](=O)[O-])cc1Cl. The van der Waals surface area contributed by atoms with Gasteiger partial charge in [-0.1, -0.05) is 16.8 Å². The van der Waals surface area contributed by atoms with E-state index in [9.17, 15) is 14.9 Å². The fraction of sp³-hybridized carbons (Fsp3) is 0.182. The lowest BCUT2D eigenvalue weighted by atomic mass is 10.2. The molecule has 0 unspecified atom stereocenters. The number of aromatic nitrogens is 3. The standard InChI is InChI=1S/C11H9ClN4O4/c1-6-10(11(17)18)13-14-15(6)5-7-2-3-8(16(19)20)4-9(7)12/h2-4H,5H2,1H3,(H,17,18). The topological polar surface area (TPSA) is 111 Å². The zero-order valence-corrected chi connectivity index (χ0v) is 11.0. The lowest BCUT2D eigenvalue weighted by molar-refractivity contribution is -0.384. The van der Waals surface area contributed by atoms with Crippen LogP contribution in [0.3, 0.4) is 0 Å². The zero-order valence-electron chi connectivity index (χ0n) is 10.3. The van der Waals surface area contributed by atoms with Gasteiger partial charge in [0.1, 0.15) is 0 Å². The average Bonchev–Trinajstić information content (AvgIpc) is 2.73. The smallest absolute Gasteiger partial charge is 0.358 e. The van der Waals surface area contributed by atoms with Crippen molar-refractivity contribution in [1.82, 2.24) is 15.0 Å². The Morgan fingerprint density at radius 3 is 2.75 bits per heavy atom. The molecule has 9 heteroatoms. The highest BCUT2D eigenvalue weighted by molar-refractivity contribution is 6.31. The molecule has 2 rings (SSSR count). The summed E-state index contributed by atoms with van der Waals surface area (Å²) in [4.78, 5) is 20.9. The molecule has 104 valence electrons. The van der Waals surface area contributed by atoms with E-state index in [1.54, 1.807) is 6.92 Å². The van der Waals surface area contributed by atoms with Gasteiger partial charge in [-0.15, -0.1) is 5.10 Å². The summed E-state index contributed by atoms with van der Waals surface area (Å²) in [6, 6.07) is 4.06. The molecule has 0 bridgehead atoms. The first-order chi connectivity index (χ1) is 9.40. The molecule has 1 aromatic heterocycles. The Labute approximate surface area is 117 Å². The Hall–Kier alpha value is -2.48. The summed E-state index contributed by atoms with van der Waals surface area (Å²) in [5.41, 5.74) is 0.720. The van der Waals surface area contributed by atoms with Crippen LogP contribution in [0.25, 0.3) is 0 Å². The van der Waals surface area contributed by atoms with Crippen molar-refractivity contribution in [3.63, 3.8) is 0 Å². The number of nitro benzene ring substituents is 1. The molecule has 0 fully saturated rings. The Balaban J connectivity index is 2.31. The highest BCUT2D eigenvalue weighted by Crippen LogP contribution is 2.23. The third kappa shape index (κ3) is 2.59. The molecule has 1 aromatic carbocycles. The highest BCUT2D eigenvalue weighted by Gasteiger charge is 2.16. The summed E-state index contributed by atoms with van der Waals surface area (Å²) in [6.45, 7) is 1.76. The van der Waals surface area contributed by atoms with E-state index in [0.29, 0.717) is 11.3 Å². The van der Waals surface area contributed by atoms with Gasteiger partial charge in [0.15, 0.2) is 5.69 Å². The van der Waals surface area contributed by atoms with Gasteiger partial charge < -0.3 is 5.11 Å². The molecule has 0 aliphatic carbocycles. The van der Waals surface area contributed by atoms with Crippen molar-refractivity contribution in [1.29, 1.82) is 0 Å². The van der Waals surface area contributed by atoms with Crippen molar-refractivity contribution in [2.45, 2.75) is 13.5 Å². The van der Waals surface area contributed by atoms with Crippen LogP contribution < -0.4 is 0 Å². The number of carboxylic acids is 1. The van der Waals surface area contributed by atoms with E-state index >= 15 is 0 Å². The van der Waals surface area contributed by atoms with Gasteiger partial charge in [0.05, 0.1) is 22.2 Å². The van der Waals surface area contributed by atoms with Gasteiger partial charge in [0.25, 0.3) is 5.69 Å². The van der Waals surface area contributed by atoms with Crippen molar-refractivity contribution >= 4 is 23.3 Å². The Bertz CT molecular complexity index is 698. The van der Waals surface area contributed by atoms with Crippen LogP contribution in [0.2, 0.25) is 5.02 Å². The van der Waals surface area contributed by atoms with Crippen molar-refractivity contribution in [3.05, 3.63) is 50.3 Å². The van der Waals surface area contributed by atoms with E-state index in [1.165, 1.54) is 22.9 Å². The number of rotatable bonds is 4. The second kappa shape index (κ2) is 5.25. The van der Waals surface area contributed by atoms with E-state index in [1.807, 2.05) is 0 Å². The molecule has 0 aliphatic heterocycles. The summed E-state index contributed by atoms with van der Waals surface area (Å²) in [7, 11) is 0.